The summed E-state index contributed by atoms with van der Waals surface area (Å²) in [7, 11) is 0. The fourth-order valence-electron chi connectivity index (χ4n) is 4.54. The Morgan fingerprint density at radius 2 is 1.81 bits per heavy atom. The molecule has 37 heavy (non-hydrogen) atoms. The molecular weight excluding hydrogens is 515 g/mol. The van der Waals surface area contributed by atoms with Crippen LogP contribution in [0.5, 0.6) is 0 Å². The number of aliphatic hydroxyl groups excluding tert-OH is 1. The molecule has 1 heterocycles. The third-order valence-corrected chi connectivity index (χ3v) is 6.95. The van der Waals surface area contributed by atoms with Gasteiger partial charge in [-0.2, -0.15) is 0 Å². The van der Waals surface area contributed by atoms with Crippen LogP contribution in [0, 0.1) is 11.3 Å². The van der Waals surface area contributed by atoms with Gasteiger partial charge in [0.15, 0.2) is 0 Å². The lowest BCUT2D eigenvalue weighted by Crippen LogP contribution is -2.46. The molecule has 1 saturated heterocycles. The van der Waals surface area contributed by atoms with Crippen LogP contribution in [0.4, 0.5) is 5.69 Å². The highest BCUT2D eigenvalue weighted by molar-refractivity contribution is 6.31. The van der Waals surface area contributed by atoms with Crippen molar-refractivity contribution < 1.29 is 24.6 Å². The Kier molecular flexibility index (Phi) is 9.62. The molecule has 3 rings (SSSR count). The van der Waals surface area contributed by atoms with E-state index in [4.69, 9.17) is 23.2 Å². The van der Waals surface area contributed by atoms with Crippen molar-refractivity contribution in [3.8, 4) is 0 Å². The zero-order chi connectivity index (χ0) is 27.3. The van der Waals surface area contributed by atoms with E-state index >= 15 is 0 Å². The van der Waals surface area contributed by atoms with Crippen LogP contribution in [0.15, 0.2) is 42.5 Å². The maximum Gasteiger partial charge on any atom is 0.227 e. The fourth-order valence-corrected chi connectivity index (χ4v) is 4.96. The average molecular weight is 548 g/mol. The van der Waals surface area contributed by atoms with Gasteiger partial charge in [0.25, 0.3) is 0 Å². The van der Waals surface area contributed by atoms with Crippen molar-refractivity contribution in [1.82, 2.24) is 4.90 Å². The van der Waals surface area contributed by atoms with Gasteiger partial charge in [0.2, 0.25) is 11.8 Å². The highest BCUT2D eigenvalue weighted by Crippen LogP contribution is 2.37. The number of hydrogen-bond acceptors (Lipinski definition) is 5. The van der Waals surface area contributed by atoms with Gasteiger partial charge in [-0.05, 0) is 42.5 Å². The first-order valence-electron chi connectivity index (χ1n) is 12.4. The highest BCUT2D eigenvalue weighted by atomic mass is 35.5. The summed E-state index contributed by atoms with van der Waals surface area (Å²) < 4.78 is 0. The summed E-state index contributed by atoms with van der Waals surface area (Å²) in [5.74, 6) is -2.39. The second kappa shape index (κ2) is 12.3. The summed E-state index contributed by atoms with van der Waals surface area (Å²) in [6.07, 6.45) is -0.171. The first kappa shape index (κ1) is 29.0. The molecule has 0 saturated carbocycles. The number of rotatable bonds is 8. The van der Waals surface area contributed by atoms with Crippen molar-refractivity contribution in [3.05, 3.63) is 63.6 Å². The number of hydrogen-bond donors (Lipinski definition) is 1. The molecule has 0 bridgehead atoms. The lowest BCUT2D eigenvalue weighted by molar-refractivity contribution is -0.312. The third kappa shape index (κ3) is 7.69. The van der Waals surface area contributed by atoms with Crippen molar-refractivity contribution in [2.75, 3.05) is 24.5 Å². The molecule has 1 fully saturated rings. The molecule has 0 aromatic heterocycles. The van der Waals surface area contributed by atoms with Gasteiger partial charge < -0.3 is 24.8 Å². The standard InChI is InChI=1S/C28H34Cl2N2O5/c1-28(2,3)17-32(25(34)13-12-24(33)31-14-6-7-18(16-31)27(36)37)23-11-10-19(29)15-21(23)26(35)20-8-4-5-9-22(20)30/h4-5,8-11,15,18,26,35H,6-7,12-14,16-17H2,1-3H3,(H,36,37)/p-1/t18-,26-/m1/s1. The summed E-state index contributed by atoms with van der Waals surface area (Å²) in [6.45, 7) is 6.88. The van der Waals surface area contributed by atoms with E-state index in [0.717, 1.165) is 0 Å². The molecule has 9 heteroatoms. The molecule has 0 aliphatic carbocycles. The van der Waals surface area contributed by atoms with E-state index in [0.29, 0.717) is 52.8 Å². The van der Waals surface area contributed by atoms with Crippen LogP contribution >= 0.6 is 23.2 Å². The quantitative estimate of drug-likeness (QED) is 0.533. The first-order chi connectivity index (χ1) is 17.4. The molecule has 7 nitrogen and oxygen atoms in total. The average Bonchev–Trinajstić information content (AvgIpc) is 2.85. The van der Waals surface area contributed by atoms with Gasteiger partial charge in [-0.15, -0.1) is 0 Å². The van der Waals surface area contributed by atoms with Crippen molar-refractivity contribution >= 4 is 46.7 Å². The molecule has 200 valence electrons. The smallest absolute Gasteiger partial charge is 0.227 e. The molecule has 0 spiro atoms. The monoisotopic (exact) mass is 547 g/mol. The second-order valence-corrected chi connectivity index (χ2v) is 11.5. The number of nitrogens with zero attached hydrogens (tertiary/aromatic N) is 2. The van der Waals surface area contributed by atoms with Crippen LogP contribution in [0.1, 0.15) is 63.7 Å². The normalized spacial score (nSPS) is 16.8. The van der Waals surface area contributed by atoms with Gasteiger partial charge in [-0.3, -0.25) is 9.59 Å². The summed E-state index contributed by atoms with van der Waals surface area (Å²) in [6, 6.07) is 11.9. The van der Waals surface area contributed by atoms with Crippen LogP contribution in [0.3, 0.4) is 0 Å². The van der Waals surface area contributed by atoms with Crippen molar-refractivity contribution in [1.29, 1.82) is 0 Å². The summed E-state index contributed by atoms with van der Waals surface area (Å²) >= 11 is 12.6. The SMILES string of the molecule is CC(C)(C)CN(C(=O)CCC(=O)N1CCC[C@@H](C(=O)[O-])C1)c1ccc(Cl)cc1[C@H](O)c1ccccc1Cl. The maximum absolute atomic E-state index is 13.6. The van der Waals surface area contributed by atoms with Crippen LogP contribution in [0.25, 0.3) is 0 Å². The third-order valence-electron chi connectivity index (χ3n) is 6.37. The number of amides is 2. The molecule has 2 amide bonds. The molecule has 1 N–H and O–H groups in total. The topological polar surface area (TPSA) is 101 Å². The number of benzene rings is 2. The molecule has 2 aromatic rings. The van der Waals surface area contributed by atoms with Crippen LogP contribution in [-0.2, 0) is 14.4 Å². The lowest BCUT2D eigenvalue weighted by atomic mass is 9.93. The maximum atomic E-state index is 13.6. The van der Waals surface area contributed by atoms with E-state index in [1.165, 1.54) is 4.90 Å². The first-order valence-corrected chi connectivity index (χ1v) is 13.1. The van der Waals surface area contributed by atoms with Crippen LogP contribution in [0.2, 0.25) is 10.0 Å². The predicted octanol–water partition coefficient (Wildman–Crippen LogP) is 4.22. The molecular formula is C28H33Cl2N2O5-. The Hall–Kier alpha value is -2.61. The van der Waals surface area contributed by atoms with E-state index in [9.17, 15) is 24.6 Å². The van der Waals surface area contributed by atoms with E-state index in [-0.39, 0.29) is 36.6 Å². The van der Waals surface area contributed by atoms with Crippen molar-refractivity contribution in [2.45, 2.75) is 52.6 Å². The number of aliphatic hydroxyl groups is 1. The van der Waals surface area contributed by atoms with Crippen LogP contribution in [-0.4, -0.2) is 47.4 Å². The minimum Gasteiger partial charge on any atom is -0.550 e. The van der Waals surface area contributed by atoms with Crippen LogP contribution < -0.4 is 10.0 Å². The zero-order valence-electron chi connectivity index (χ0n) is 21.4. The number of piperidine rings is 1. The zero-order valence-corrected chi connectivity index (χ0v) is 22.9. The Morgan fingerprint density at radius 3 is 2.46 bits per heavy atom. The number of likely N-dealkylation sites (tertiary alicyclic amines) is 1. The number of aliphatic carboxylic acids is 1. The number of carboxylic acid groups (broad SMARTS) is 1. The van der Waals surface area contributed by atoms with E-state index in [1.807, 2.05) is 20.8 Å². The largest absolute Gasteiger partial charge is 0.550 e. The van der Waals surface area contributed by atoms with Gasteiger partial charge in [-0.25, -0.2) is 0 Å². The number of anilines is 1. The summed E-state index contributed by atoms with van der Waals surface area (Å²) in [5.41, 5.74) is 1.11. The minimum absolute atomic E-state index is 0.0464. The molecule has 0 radical (unpaired) electrons. The number of carboxylic acids is 1. The molecule has 1 aliphatic rings. The Bertz CT molecular complexity index is 1150. The molecule has 0 unspecified atom stereocenters. The van der Waals surface area contributed by atoms with Crippen molar-refractivity contribution in [3.63, 3.8) is 0 Å². The number of halogens is 2. The molecule has 1 aliphatic heterocycles. The number of carbonyl (C=O) groups is 3. The van der Waals surface area contributed by atoms with E-state index in [2.05, 4.69) is 0 Å². The van der Waals surface area contributed by atoms with E-state index < -0.39 is 18.0 Å². The summed E-state index contributed by atoms with van der Waals surface area (Å²) in [5, 5.41) is 23.3. The highest BCUT2D eigenvalue weighted by Gasteiger charge is 2.29. The van der Waals surface area contributed by atoms with Gasteiger partial charge in [0, 0.05) is 71.2 Å². The fraction of sp³-hybridized carbons (Fsp3) is 0.464. The predicted molar refractivity (Wildman–Crippen MR) is 142 cm³/mol. The van der Waals surface area contributed by atoms with Crippen molar-refractivity contribution in [2.24, 2.45) is 11.3 Å². The summed E-state index contributed by atoms with van der Waals surface area (Å²) in [4.78, 5) is 40.7. The van der Waals surface area contributed by atoms with Gasteiger partial charge in [0.1, 0.15) is 6.10 Å². The number of carbonyl (C=O) groups excluding carboxylic acids is 3. The molecule has 2 atom stereocenters. The second-order valence-electron chi connectivity index (χ2n) is 10.7. The molecule has 2 aromatic carbocycles. The Morgan fingerprint density at radius 1 is 1.11 bits per heavy atom. The lowest BCUT2D eigenvalue weighted by Gasteiger charge is -2.34. The van der Waals surface area contributed by atoms with Gasteiger partial charge in [0.05, 0.1) is 0 Å². The van der Waals surface area contributed by atoms with Gasteiger partial charge >= 0.3 is 0 Å². The van der Waals surface area contributed by atoms with Gasteiger partial charge in [-0.1, -0.05) is 62.2 Å². The van der Waals surface area contributed by atoms with E-state index in [1.54, 1.807) is 47.4 Å². The minimum atomic E-state index is -1.16. The Labute approximate surface area is 228 Å². The Balaban J connectivity index is 1.86.